The first-order valence-corrected chi connectivity index (χ1v) is 8.88. The highest BCUT2D eigenvalue weighted by Gasteiger charge is 2.27. The predicted molar refractivity (Wildman–Crippen MR) is 99.5 cm³/mol. The van der Waals surface area contributed by atoms with Gasteiger partial charge in [0.25, 0.3) is 0 Å². The van der Waals surface area contributed by atoms with E-state index >= 15 is 0 Å². The molecule has 146 valence electrons. The number of hydrogen-bond acceptors (Lipinski definition) is 6. The van der Waals surface area contributed by atoms with Crippen LogP contribution in [0.15, 0.2) is 18.2 Å². The van der Waals surface area contributed by atoms with E-state index in [1.807, 2.05) is 6.07 Å². The summed E-state index contributed by atoms with van der Waals surface area (Å²) in [4.78, 5) is 13.2. The van der Waals surface area contributed by atoms with Crippen LogP contribution in [0.3, 0.4) is 0 Å². The van der Waals surface area contributed by atoms with E-state index in [1.165, 1.54) is 17.9 Å². The zero-order chi connectivity index (χ0) is 19.6. The van der Waals surface area contributed by atoms with Gasteiger partial charge >= 0.3 is 5.69 Å². The highest BCUT2D eigenvalue weighted by atomic mass is 19.1. The molecule has 0 atom stereocenters. The number of benzene rings is 1. The molecule has 1 saturated heterocycles. The molecule has 2 aromatic rings. The number of rotatable bonds is 6. The van der Waals surface area contributed by atoms with Crippen LogP contribution in [0.4, 0.5) is 15.9 Å². The number of methoxy groups -OCH3 is 1. The van der Waals surface area contributed by atoms with Crippen molar-refractivity contribution in [3.8, 4) is 5.75 Å². The lowest BCUT2D eigenvalue weighted by atomic mass is 10.0. The molecule has 3 rings (SSSR count). The number of aryl methyl sites for hydroxylation is 2. The van der Waals surface area contributed by atoms with Crippen molar-refractivity contribution in [2.45, 2.75) is 32.4 Å². The van der Waals surface area contributed by atoms with E-state index in [-0.39, 0.29) is 23.3 Å². The van der Waals surface area contributed by atoms with E-state index in [4.69, 9.17) is 4.74 Å². The number of aromatic nitrogens is 2. The van der Waals surface area contributed by atoms with Gasteiger partial charge in [-0.3, -0.25) is 15.0 Å². The summed E-state index contributed by atoms with van der Waals surface area (Å²) >= 11 is 0. The molecule has 0 saturated carbocycles. The van der Waals surface area contributed by atoms with Gasteiger partial charge in [0, 0.05) is 32.7 Å². The summed E-state index contributed by atoms with van der Waals surface area (Å²) in [6.45, 7) is 3.96. The van der Waals surface area contributed by atoms with Crippen molar-refractivity contribution >= 4 is 11.5 Å². The normalized spacial score (nSPS) is 15.7. The van der Waals surface area contributed by atoms with Gasteiger partial charge in [-0.2, -0.15) is 5.10 Å². The lowest BCUT2D eigenvalue weighted by molar-refractivity contribution is -0.384. The summed E-state index contributed by atoms with van der Waals surface area (Å²) in [6.07, 6.45) is 1.69. The number of nitro groups is 1. The molecule has 1 N–H and O–H groups in total. The highest BCUT2D eigenvalue weighted by Crippen LogP contribution is 2.29. The van der Waals surface area contributed by atoms with E-state index in [2.05, 4.69) is 15.3 Å². The molecular weight excluding hydrogens is 353 g/mol. The van der Waals surface area contributed by atoms with Crippen molar-refractivity contribution in [1.82, 2.24) is 14.7 Å². The van der Waals surface area contributed by atoms with Gasteiger partial charge in [-0.1, -0.05) is 6.07 Å². The molecule has 0 radical (unpaired) electrons. The minimum absolute atomic E-state index is 0.0358. The fraction of sp³-hybridized carbons (Fsp3) is 0.500. The molecule has 0 spiro atoms. The van der Waals surface area contributed by atoms with Gasteiger partial charge < -0.3 is 10.1 Å². The molecule has 1 aliphatic rings. The first-order valence-electron chi connectivity index (χ1n) is 8.88. The fourth-order valence-electron chi connectivity index (χ4n) is 3.52. The van der Waals surface area contributed by atoms with Gasteiger partial charge in [0.15, 0.2) is 11.6 Å². The molecule has 0 amide bonds. The Hall–Kier alpha value is -2.68. The first-order chi connectivity index (χ1) is 12.9. The smallest absolute Gasteiger partial charge is 0.333 e. The van der Waals surface area contributed by atoms with Gasteiger partial charge in [0.2, 0.25) is 5.82 Å². The maximum atomic E-state index is 13.8. The number of nitrogens with one attached hydrogen (secondary N) is 1. The molecule has 1 aliphatic heterocycles. The van der Waals surface area contributed by atoms with Gasteiger partial charge in [-0.05, 0) is 37.5 Å². The highest BCUT2D eigenvalue weighted by molar-refractivity contribution is 5.59. The van der Waals surface area contributed by atoms with Gasteiger partial charge in [-0.15, -0.1) is 0 Å². The fourth-order valence-corrected chi connectivity index (χ4v) is 3.52. The summed E-state index contributed by atoms with van der Waals surface area (Å²) in [5.74, 6) is 0.341. The summed E-state index contributed by atoms with van der Waals surface area (Å²) in [5, 5.41) is 18.7. The zero-order valence-corrected chi connectivity index (χ0v) is 15.7. The quantitative estimate of drug-likeness (QED) is 0.615. The Morgan fingerprint density at radius 3 is 2.70 bits per heavy atom. The Labute approximate surface area is 157 Å². The molecule has 1 aromatic carbocycles. The van der Waals surface area contributed by atoms with Gasteiger partial charge in [-0.25, -0.2) is 9.07 Å². The number of halogens is 1. The van der Waals surface area contributed by atoms with Crippen molar-refractivity contribution < 1.29 is 14.1 Å². The number of piperidine rings is 1. The Morgan fingerprint density at radius 1 is 1.41 bits per heavy atom. The average Bonchev–Trinajstić information content (AvgIpc) is 2.90. The zero-order valence-electron chi connectivity index (χ0n) is 15.7. The lowest BCUT2D eigenvalue weighted by Gasteiger charge is -2.32. The number of ether oxygens (including phenoxy) is 1. The summed E-state index contributed by atoms with van der Waals surface area (Å²) in [5.41, 5.74) is 1.34. The van der Waals surface area contributed by atoms with Crippen LogP contribution in [-0.4, -0.2) is 45.8 Å². The van der Waals surface area contributed by atoms with Crippen LogP contribution in [0.2, 0.25) is 0 Å². The monoisotopic (exact) mass is 377 g/mol. The standard InChI is InChI=1S/C18H24FN5O3/c1-12-17(24(25)26)18(22(2)21-12)20-14-6-8-23(9-7-14)11-13-4-5-16(27-3)15(19)10-13/h4-5,10,14,20H,6-9,11H2,1-3H3. The molecule has 0 aliphatic carbocycles. The third-order valence-electron chi connectivity index (χ3n) is 4.92. The lowest BCUT2D eigenvalue weighted by Crippen LogP contribution is -2.39. The number of hydrogen-bond donors (Lipinski definition) is 1. The molecule has 27 heavy (non-hydrogen) atoms. The minimum atomic E-state index is -0.391. The van der Waals surface area contributed by atoms with E-state index in [0.29, 0.717) is 18.1 Å². The van der Waals surface area contributed by atoms with Crippen LogP contribution >= 0.6 is 0 Å². The van der Waals surface area contributed by atoms with Crippen LogP contribution in [0.1, 0.15) is 24.1 Å². The Bertz CT molecular complexity index is 831. The minimum Gasteiger partial charge on any atom is -0.494 e. The third kappa shape index (κ3) is 4.19. The second-order valence-corrected chi connectivity index (χ2v) is 6.83. The topological polar surface area (TPSA) is 85.5 Å². The van der Waals surface area contributed by atoms with Crippen LogP contribution in [0, 0.1) is 22.9 Å². The molecule has 1 fully saturated rings. The predicted octanol–water partition coefficient (Wildman–Crippen LogP) is 2.86. The first kappa shape index (κ1) is 19.1. The van der Waals surface area contributed by atoms with Crippen molar-refractivity contribution in [2.24, 2.45) is 7.05 Å². The molecular formula is C18H24FN5O3. The molecule has 8 nitrogen and oxygen atoms in total. The van der Waals surface area contributed by atoms with Crippen LogP contribution in [0.25, 0.3) is 0 Å². The van der Waals surface area contributed by atoms with Crippen LogP contribution < -0.4 is 10.1 Å². The van der Waals surface area contributed by atoms with Gasteiger partial charge in [0.05, 0.1) is 12.0 Å². The average molecular weight is 377 g/mol. The molecule has 1 aromatic heterocycles. The Kier molecular flexibility index (Phi) is 5.59. The Balaban J connectivity index is 1.58. The molecule has 2 heterocycles. The summed E-state index contributed by atoms with van der Waals surface area (Å²) in [7, 11) is 3.15. The molecule has 0 bridgehead atoms. The van der Waals surface area contributed by atoms with E-state index < -0.39 is 4.92 Å². The second kappa shape index (κ2) is 7.91. The summed E-state index contributed by atoms with van der Waals surface area (Å²) < 4.78 is 20.3. The largest absolute Gasteiger partial charge is 0.494 e. The molecule has 9 heteroatoms. The van der Waals surface area contributed by atoms with Crippen molar-refractivity contribution in [3.05, 3.63) is 45.4 Å². The second-order valence-electron chi connectivity index (χ2n) is 6.83. The summed E-state index contributed by atoms with van der Waals surface area (Å²) in [6, 6.07) is 5.16. The SMILES string of the molecule is COc1ccc(CN2CCC(Nc3c([N+](=O)[O-])c(C)nn3C)CC2)cc1F. The maximum Gasteiger partial charge on any atom is 0.333 e. The third-order valence-corrected chi connectivity index (χ3v) is 4.92. The number of nitrogens with zero attached hydrogens (tertiary/aromatic N) is 4. The molecule has 0 unspecified atom stereocenters. The van der Waals surface area contributed by atoms with E-state index in [0.717, 1.165) is 31.5 Å². The van der Waals surface area contributed by atoms with Crippen LogP contribution in [0.5, 0.6) is 5.75 Å². The van der Waals surface area contributed by atoms with Crippen LogP contribution in [-0.2, 0) is 13.6 Å². The van der Waals surface area contributed by atoms with Crippen molar-refractivity contribution in [2.75, 3.05) is 25.5 Å². The van der Waals surface area contributed by atoms with Crippen molar-refractivity contribution in [1.29, 1.82) is 0 Å². The van der Waals surface area contributed by atoms with Gasteiger partial charge in [0.1, 0.15) is 5.69 Å². The number of anilines is 1. The Morgan fingerprint density at radius 2 is 2.11 bits per heavy atom. The van der Waals surface area contributed by atoms with E-state index in [1.54, 1.807) is 20.0 Å². The maximum absolute atomic E-state index is 13.8. The van der Waals surface area contributed by atoms with Crippen molar-refractivity contribution in [3.63, 3.8) is 0 Å². The van der Waals surface area contributed by atoms with E-state index in [9.17, 15) is 14.5 Å². The number of likely N-dealkylation sites (tertiary alicyclic amines) is 1.